The van der Waals surface area contributed by atoms with Crippen molar-refractivity contribution < 1.29 is 17.9 Å². The van der Waals surface area contributed by atoms with Crippen LogP contribution in [0, 0.1) is 0 Å². The van der Waals surface area contributed by atoms with Crippen LogP contribution in [0.5, 0.6) is 0 Å². The van der Waals surface area contributed by atoms with Crippen LogP contribution in [0.15, 0.2) is 0 Å². The molecular formula is C9H19N3O4S. The fourth-order valence-electron chi connectivity index (χ4n) is 1.83. The summed E-state index contributed by atoms with van der Waals surface area (Å²) in [5, 5.41) is 3.20. The van der Waals surface area contributed by atoms with Gasteiger partial charge in [-0.1, -0.05) is 0 Å². The van der Waals surface area contributed by atoms with E-state index in [0.717, 1.165) is 6.54 Å². The van der Waals surface area contributed by atoms with Crippen molar-refractivity contribution in [1.82, 2.24) is 14.3 Å². The first-order chi connectivity index (χ1) is 8.18. The minimum atomic E-state index is -3.37. The molecule has 0 aromatic carbocycles. The number of rotatable bonds is 4. The molecular weight excluding hydrogens is 246 g/mol. The lowest BCUT2D eigenvalue weighted by Crippen LogP contribution is -2.52. The third-order valence-corrected chi connectivity index (χ3v) is 4.40. The second-order valence-corrected chi connectivity index (χ2v) is 5.85. The lowest BCUT2D eigenvalue weighted by atomic mass is 10.3. The molecule has 17 heavy (non-hydrogen) atoms. The lowest BCUT2D eigenvalue weighted by molar-refractivity contribution is 0.0707. The molecule has 2 aliphatic heterocycles. The fraction of sp³-hybridized carbons (Fsp3) is 1.00. The Morgan fingerprint density at radius 1 is 1.24 bits per heavy atom. The predicted octanol–water partition coefficient (Wildman–Crippen LogP) is -1.86. The highest BCUT2D eigenvalue weighted by molar-refractivity contribution is 7.87. The van der Waals surface area contributed by atoms with E-state index >= 15 is 0 Å². The second kappa shape index (κ2) is 6.07. The standard InChI is InChI=1S/C9H19N3O4S/c13-17(14,12-2-5-15-6-3-12)11-7-9-8-16-4-1-10-9/h9-11H,1-8H2. The number of hydrogen-bond acceptors (Lipinski definition) is 5. The van der Waals surface area contributed by atoms with E-state index < -0.39 is 10.2 Å². The molecule has 0 radical (unpaired) electrons. The minimum Gasteiger partial charge on any atom is -0.379 e. The molecule has 0 spiro atoms. The molecule has 0 saturated carbocycles. The summed E-state index contributed by atoms with van der Waals surface area (Å²) < 4.78 is 38.2. The molecule has 2 heterocycles. The van der Waals surface area contributed by atoms with E-state index in [2.05, 4.69) is 10.0 Å². The highest BCUT2D eigenvalue weighted by Gasteiger charge is 2.25. The van der Waals surface area contributed by atoms with Crippen molar-refractivity contribution in [1.29, 1.82) is 0 Å². The fourth-order valence-corrected chi connectivity index (χ4v) is 3.06. The summed E-state index contributed by atoms with van der Waals surface area (Å²) in [6, 6.07) is 0.0552. The maximum atomic E-state index is 11.9. The van der Waals surface area contributed by atoms with Crippen LogP contribution in [0.3, 0.4) is 0 Å². The molecule has 0 amide bonds. The third-order valence-electron chi connectivity index (χ3n) is 2.82. The van der Waals surface area contributed by atoms with Gasteiger partial charge in [0.25, 0.3) is 10.2 Å². The van der Waals surface area contributed by atoms with E-state index in [1.54, 1.807) is 0 Å². The Morgan fingerprint density at radius 2 is 2.00 bits per heavy atom. The van der Waals surface area contributed by atoms with E-state index in [4.69, 9.17) is 9.47 Å². The quantitative estimate of drug-likeness (QED) is 0.623. The highest BCUT2D eigenvalue weighted by atomic mass is 32.2. The summed E-state index contributed by atoms with van der Waals surface area (Å²) in [6.45, 7) is 4.13. The Bertz CT molecular complexity index is 323. The van der Waals surface area contributed by atoms with E-state index in [1.807, 2.05) is 0 Å². The SMILES string of the molecule is O=S(=O)(NCC1COCCN1)N1CCOCC1. The number of nitrogens with one attached hydrogen (secondary N) is 2. The second-order valence-electron chi connectivity index (χ2n) is 4.09. The zero-order valence-corrected chi connectivity index (χ0v) is 10.5. The Hall–Kier alpha value is -0.250. The Balaban J connectivity index is 1.79. The zero-order valence-electron chi connectivity index (χ0n) is 9.72. The van der Waals surface area contributed by atoms with E-state index in [0.29, 0.717) is 46.1 Å². The van der Waals surface area contributed by atoms with Gasteiger partial charge in [0.05, 0.1) is 26.4 Å². The van der Waals surface area contributed by atoms with Gasteiger partial charge in [-0.2, -0.15) is 12.7 Å². The Morgan fingerprint density at radius 3 is 2.65 bits per heavy atom. The first-order valence-corrected chi connectivity index (χ1v) is 7.26. The largest absolute Gasteiger partial charge is 0.379 e. The van der Waals surface area contributed by atoms with Crippen LogP contribution in [-0.2, 0) is 19.7 Å². The normalized spacial score (nSPS) is 28.1. The molecule has 1 unspecified atom stereocenters. The summed E-state index contributed by atoms with van der Waals surface area (Å²) >= 11 is 0. The van der Waals surface area contributed by atoms with Gasteiger partial charge in [0.15, 0.2) is 0 Å². The molecule has 0 aliphatic carbocycles. The van der Waals surface area contributed by atoms with E-state index in [9.17, 15) is 8.42 Å². The van der Waals surface area contributed by atoms with Crippen LogP contribution in [0.2, 0.25) is 0 Å². The zero-order chi connectivity index (χ0) is 12.1. The topological polar surface area (TPSA) is 79.9 Å². The summed E-state index contributed by atoms with van der Waals surface area (Å²) in [4.78, 5) is 0. The molecule has 2 N–H and O–H groups in total. The molecule has 8 heteroatoms. The molecule has 2 saturated heterocycles. The van der Waals surface area contributed by atoms with E-state index in [1.165, 1.54) is 4.31 Å². The molecule has 2 rings (SSSR count). The maximum Gasteiger partial charge on any atom is 0.279 e. The third kappa shape index (κ3) is 3.87. The van der Waals surface area contributed by atoms with Crippen LogP contribution in [0.1, 0.15) is 0 Å². The van der Waals surface area contributed by atoms with Gasteiger partial charge < -0.3 is 14.8 Å². The lowest BCUT2D eigenvalue weighted by Gasteiger charge is -2.28. The van der Waals surface area contributed by atoms with Gasteiger partial charge in [-0.15, -0.1) is 0 Å². The molecule has 0 aromatic heterocycles. The van der Waals surface area contributed by atoms with Gasteiger partial charge in [0.1, 0.15) is 0 Å². The van der Waals surface area contributed by atoms with Crippen LogP contribution < -0.4 is 10.0 Å². The summed E-state index contributed by atoms with van der Waals surface area (Å²) in [6.07, 6.45) is 0. The minimum absolute atomic E-state index is 0.0552. The van der Waals surface area contributed by atoms with Crippen molar-refractivity contribution in [2.45, 2.75) is 6.04 Å². The molecule has 1 atom stereocenters. The van der Waals surface area contributed by atoms with Gasteiger partial charge >= 0.3 is 0 Å². The first-order valence-electron chi connectivity index (χ1n) is 5.82. The van der Waals surface area contributed by atoms with Crippen LogP contribution in [-0.4, -0.2) is 71.4 Å². The molecule has 2 fully saturated rings. The van der Waals surface area contributed by atoms with Crippen molar-refractivity contribution in [2.24, 2.45) is 0 Å². The number of morpholine rings is 2. The molecule has 100 valence electrons. The number of ether oxygens (including phenoxy) is 2. The Labute approximate surface area is 102 Å². The summed E-state index contributed by atoms with van der Waals surface area (Å²) in [7, 11) is -3.37. The number of nitrogens with zero attached hydrogens (tertiary/aromatic N) is 1. The van der Waals surface area contributed by atoms with Crippen molar-refractivity contribution in [3.63, 3.8) is 0 Å². The molecule has 0 aromatic rings. The van der Waals surface area contributed by atoms with Crippen molar-refractivity contribution in [3.8, 4) is 0 Å². The maximum absolute atomic E-state index is 11.9. The summed E-state index contributed by atoms with van der Waals surface area (Å²) in [5.74, 6) is 0. The van der Waals surface area contributed by atoms with Crippen LogP contribution >= 0.6 is 0 Å². The Kier molecular flexibility index (Phi) is 4.71. The van der Waals surface area contributed by atoms with Gasteiger partial charge in [0, 0.05) is 32.2 Å². The smallest absolute Gasteiger partial charge is 0.279 e. The predicted molar refractivity (Wildman–Crippen MR) is 61.9 cm³/mol. The monoisotopic (exact) mass is 265 g/mol. The van der Waals surface area contributed by atoms with Gasteiger partial charge in [-0.25, -0.2) is 4.72 Å². The molecule has 2 aliphatic rings. The first kappa shape index (κ1) is 13.2. The van der Waals surface area contributed by atoms with Crippen molar-refractivity contribution >= 4 is 10.2 Å². The molecule has 7 nitrogen and oxygen atoms in total. The van der Waals surface area contributed by atoms with Crippen LogP contribution in [0.4, 0.5) is 0 Å². The van der Waals surface area contributed by atoms with Crippen molar-refractivity contribution in [3.05, 3.63) is 0 Å². The number of hydrogen-bond donors (Lipinski definition) is 2. The van der Waals surface area contributed by atoms with E-state index in [-0.39, 0.29) is 6.04 Å². The van der Waals surface area contributed by atoms with Gasteiger partial charge in [0.2, 0.25) is 0 Å². The van der Waals surface area contributed by atoms with Gasteiger partial charge in [-0.3, -0.25) is 0 Å². The average Bonchev–Trinajstić information content (AvgIpc) is 2.39. The van der Waals surface area contributed by atoms with Crippen LogP contribution in [0.25, 0.3) is 0 Å². The van der Waals surface area contributed by atoms with Gasteiger partial charge in [-0.05, 0) is 0 Å². The highest BCUT2D eigenvalue weighted by Crippen LogP contribution is 2.03. The molecule has 0 bridgehead atoms. The average molecular weight is 265 g/mol. The van der Waals surface area contributed by atoms with Crippen molar-refractivity contribution in [2.75, 3.05) is 52.6 Å². The summed E-state index contributed by atoms with van der Waals surface area (Å²) in [5.41, 5.74) is 0.